The SMILES string of the molecule is CC(Oc1ccc(Cl)cc1Cl)C(=O)Nc1cccc(S(=O)(=O)N2CCCC2)c1. The molecule has 9 heteroatoms. The van der Waals surface area contributed by atoms with Gasteiger partial charge in [0.1, 0.15) is 5.75 Å². The number of ether oxygens (including phenoxy) is 1. The Morgan fingerprint density at radius 3 is 2.54 bits per heavy atom. The Hall–Kier alpha value is -1.80. The van der Waals surface area contributed by atoms with Gasteiger partial charge in [0.05, 0.1) is 9.92 Å². The Balaban J connectivity index is 1.70. The number of carbonyl (C=O) groups excluding carboxylic acids is 1. The molecular weight excluding hydrogens is 423 g/mol. The van der Waals surface area contributed by atoms with Crippen LogP contribution in [0.3, 0.4) is 0 Å². The van der Waals surface area contributed by atoms with Gasteiger partial charge in [0.25, 0.3) is 5.91 Å². The summed E-state index contributed by atoms with van der Waals surface area (Å²) in [6, 6.07) is 10.9. The standard InChI is InChI=1S/C19H20Cl2N2O4S/c1-13(27-18-8-7-14(20)11-17(18)21)19(24)22-15-5-4-6-16(12-15)28(25,26)23-9-2-3-10-23/h4-8,11-13H,2-3,9-10H2,1H3,(H,22,24). The lowest BCUT2D eigenvalue weighted by atomic mass is 10.3. The van der Waals surface area contributed by atoms with Gasteiger partial charge in [0.2, 0.25) is 10.0 Å². The van der Waals surface area contributed by atoms with E-state index in [4.69, 9.17) is 27.9 Å². The molecule has 0 aromatic heterocycles. The van der Waals surface area contributed by atoms with E-state index >= 15 is 0 Å². The first kappa shape index (κ1) is 20.9. The molecule has 150 valence electrons. The van der Waals surface area contributed by atoms with Crippen molar-refractivity contribution in [2.45, 2.75) is 30.8 Å². The molecular formula is C19H20Cl2N2O4S. The molecule has 1 fully saturated rings. The van der Waals surface area contributed by atoms with Crippen molar-refractivity contribution in [1.82, 2.24) is 4.31 Å². The first-order valence-electron chi connectivity index (χ1n) is 8.80. The summed E-state index contributed by atoms with van der Waals surface area (Å²) in [5.41, 5.74) is 0.378. The van der Waals surface area contributed by atoms with Crippen LogP contribution in [-0.2, 0) is 14.8 Å². The van der Waals surface area contributed by atoms with E-state index in [1.54, 1.807) is 31.2 Å². The Morgan fingerprint density at radius 2 is 1.86 bits per heavy atom. The predicted octanol–water partition coefficient (Wildman–Crippen LogP) is 4.18. The molecule has 1 heterocycles. The normalized spacial score (nSPS) is 16.0. The van der Waals surface area contributed by atoms with Gasteiger partial charge in [-0.15, -0.1) is 0 Å². The van der Waals surface area contributed by atoms with Gasteiger partial charge in [-0.1, -0.05) is 29.3 Å². The summed E-state index contributed by atoms with van der Waals surface area (Å²) in [5.74, 6) is -0.0965. The second-order valence-corrected chi connectivity index (χ2v) is 9.24. The zero-order valence-electron chi connectivity index (χ0n) is 15.2. The van der Waals surface area contributed by atoms with Crippen LogP contribution < -0.4 is 10.1 Å². The number of rotatable bonds is 6. The molecule has 1 saturated heterocycles. The minimum atomic E-state index is -3.55. The number of carbonyl (C=O) groups is 1. The number of amides is 1. The number of nitrogens with one attached hydrogen (secondary N) is 1. The number of halogens is 2. The van der Waals surface area contributed by atoms with Gasteiger partial charge in [-0.05, 0) is 56.2 Å². The van der Waals surface area contributed by atoms with E-state index in [1.807, 2.05) is 0 Å². The van der Waals surface area contributed by atoms with Gasteiger partial charge in [0, 0.05) is 23.8 Å². The highest BCUT2D eigenvalue weighted by Gasteiger charge is 2.27. The van der Waals surface area contributed by atoms with Crippen molar-refractivity contribution < 1.29 is 17.9 Å². The van der Waals surface area contributed by atoms with E-state index in [1.165, 1.54) is 22.5 Å². The monoisotopic (exact) mass is 442 g/mol. The van der Waals surface area contributed by atoms with Crippen LogP contribution in [0.1, 0.15) is 19.8 Å². The molecule has 0 radical (unpaired) electrons. The highest BCUT2D eigenvalue weighted by atomic mass is 35.5. The molecule has 0 saturated carbocycles. The van der Waals surface area contributed by atoms with Gasteiger partial charge in [0.15, 0.2) is 6.10 Å². The summed E-state index contributed by atoms with van der Waals surface area (Å²) in [6.07, 6.45) is 0.868. The van der Waals surface area contributed by atoms with Crippen molar-refractivity contribution in [2.75, 3.05) is 18.4 Å². The highest BCUT2D eigenvalue weighted by molar-refractivity contribution is 7.89. The van der Waals surface area contributed by atoms with E-state index < -0.39 is 22.0 Å². The molecule has 28 heavy (non-hydrogen) atoms. The quantitative estimate of drug-likeness (QED) is 0.727. The van der Waals surface area contributed by atoms with Gasteiger partial charge in [-0.3, -0.25) is 4.79 Å². The van der Waals surface area contributed by atoms with E-state index in [-0.39, 0.29) is 4.90 Å². The molecule has 3 rings (SSSR count). The molecule has 0 spiro atoms. The third-order valence-electron chi connectivity index (χ3n) is 4.37. The van der Waals surface area contributed by atoms with Crippen molar-refractivity contribution in [3.8, 4) is 5.75 Å². The predicted molar refractivity (Wildman–Crippen MR) is 110 cm³/mol. The lowest BCUT2D eigenvalue weighted by molar-refractivity contribution is -0.122. The third kappa shape index (κ3) is 4.78. The molecule has 6 nitrogen and oxygen atoms in total. The maximum Gasteiger partial charge on any atom is 0.265 e. The fraction of sp³-hybridized carbons (Fsp3) is 0.316. The number of benzene rings is 2. The summed E-state index contributed by atoms with van der Waals surface area (Å²) < 4.78 is 32.4. The number of anilines is 1. The van der Waals surface area contributed by atoms with Crippen LogP contribution in [0.4, 0.5) is 5.69 Å². The topological polar surface area (TPSA) is 75.7 Å². The second kappa shape index (κ2) is 8.69. The van der Waals surface area contributed by atoms with Crippen LogP contribution in [0.15, 0.2) is 47.4 Å². The van der Waals surface area contributed by atoms with Crippen molar-refractivity contribution in [3.05, 3.63) is 52.5 Å². The number of sulfonamides is 1. The molecule has 0 aliphatic carbocycles. The smallest absolute Gasteiger partial charge is 0.265 e. The van der Waals surface area contributed by atoms with E-state index in [9.17, 15) is 13.2 Å². The summed E-state index contributed by atoms with van der Waals surface area (Å²) in [6.45, 7) is 2.61. The van der Waals surface area contributed by atoms with Crippen LogP contribution in [0.5, 0.6) is 5.75 Å². The average molecular weight is 443 g/mol. The number of nitrogens with zero attached hydrogens (tertiary/aromatic N) is 1. The maximum absolute atomic E-state index is 12.7. The lowest BCUT2D eigenvalue weighted by Gasteiger charge is -2.18. The van der Waals surface area contributed by atoms with Crippen molar-refractivity contribution in [3.63, 3.8) is 0 Å². The Kier molecular flexibility index (Phi) is 6.50. The first-order valence-corrected chi connectivity index (χ1v) is 11.0. The minimum absolute atomic E-state index is 0.154. The Morgan fingerprint density at radius 1 is 1.14 bits per heavy atom. The van der Waals surface area contributed by atoms with Gasteiger partial charge in [-0.25, -0.2) is 8.42 Å². The summed E-state index contributed by atoms with van der Waals surface area (Å²) in [5, 5.41) is 3.44. The Labute approximate surface area is 174 Å². The van der Waals surface area contributed by atoms with Crippen LogP contribution in [0, 0.1) is 0 Å². The number of hydrogen-bond acceptors (Lipinski definition) is 4. The van der Waals surface area contributed by atoms with E-state index in [0.717, 1.165) is 12.8 Å². The van der Waals surface area contributed by atoms with Gasteiger partial charge in [-0.2, -0.15) is 4.31 Å². The van der Waals surface area contributed by atoms with E-state index in [2.05, 4.69) is 5.32 Å². The lowest BCUT2D eigenvalue weighted by Crippen LogP contribution is -2.30. The van der Waals surface area contributed by atoms with Gasteiger partial charge < -0.3 is 10.1 Å². The molecule has 2 aromatic carbocycles. The largest absolute Gasteiger partial charge is 0.479 e. The molecule has 1 aliphatic rings. The molecule has 1 atom stereocenters. The molecule has 1 amide bonds. The zero-order chi connectivity index (χ0) is 20.3. The van der Waals surface area contributed by atoms with Crippen molar-refractivity contribution in [2.24, 2.45) is 0 Å². The van der Waals surface area contributed by atoms with Crippen molar-refractivity contribution >= 4 is 44.8 Å². The molecule has 1 N–H and O–H groups in total. The van der Waals surface area contributed by atoms with E-state index in [0.29, 0.717) is 34.6 Å². The van der Waals surface area contributed by atoms with Crippen molar-refractivity contribution in [1.29, 1.82) is 0 Å². The van der Waals surface area contributed by atoms with Crippen LogP contribution in [-0.4, -0.2) is 37.8 Å². The summed E-state index contributed by atoms with van der Waals surface area (Å²) in [4.78, 5) is 12.6. The molecule has 1 unspecified atom stereocenters. The van der Waals surface area contributed by atoms with Crippen LogP contribution in [0.2, 0.25) is 10.0 Å². The Bertz CT molecular complexity index is 976. The van der Waals surface area contributed by atoms with Crippen LogP contribution in [0.25, 0.3) is 0 Å². The third-order valence-corrected chi connectivity index (χ3v) is 6.80. The average Bonchev–Trinajstić information content (AvgIpc) is 3.20. The minimum Gasteiger partial charge on any atom is -0.479 e. The number of hydrogen-bond donors (Lipinski definition) is 1. The molecule has 1 aliphatic heterocycles. The fourth-order valence-electron chi connectivity index (χ4n) is 2.87. The van der Waals surface area contributed by atoms with Crippen LogP contribution >= 0.6 is 23.2 Å². The second-order valence-electron chi connectivity index (χ2n) is 6.46. The molecule has 2 aromatic rings. The zero-order valence-corrected chi connectivity index (χ0v) is 17.5. The summed E-state index contributed by atoms with van der Waals surface area (Å²) >= 11 is 11.9. The summed E-state index contributed by atoms with van der Waals surface area (Å²) in [7, 11) is -3.55. The molecule has 0 bridgehead atoms. The van der Waals surface area contributed by atoms with Gasteiger partial charge >= 0.3 is 0 Å². The fourth-order valence-corrected chi connectivity index (χ4v) is 4.89. The first-order chi connectivity index (χ1) is 13.3. The highest BCUT2D eigenvalue weighted by Crippen LogP contribution is 2.28. The maximum atomic E-state index is 12.7.